The van der Waals surface area contributed by atoms with Gasteiger partial charge in [0.15, 0.2) is 0 Å². The minimum absolute atomic E-state index is 0.309. The van der Waals surface area contributed by atoms with Crippen LogP contribution in [0, 0.1) is 12.8 Å². The molecule has 4 heteroatoms. The van der Waals surface area contributed by atoms with Crippen LogP contribution in [0.1, 0.15) is 30.5 Å². The number of aliphatic hydroxyl groups is 1. The Labute approximate surface area is 96.7 Å². The van der Waals surface area contributed by atoms with Gasteiger partial charge in [0.25, 0.3) is 0 Å². The number of hydrogen-bond donors (Lipinski definition) is 2. The van der Waals surface area contributed by atoms with E-state index in [9.17, 15) is 5.11 Å². The zero-order valence-electron chi connectivity index (χ0n) is 10.1. The van der Waals surface area contributed by atoms with Crippen LogP contribution in [0.15, 0.2) is 6.20 Å². The monoisotopic (exact) mass is 223 g/mol. The maximum absolute atomic E-state index is 9.24. The number of rotatable bonds is 4. The van der Waals surface area contributed by atoms with Crippen LogP contribution in [0.3, 0.4) is 0 Å². The standard InChI is InChI=1S/C12H21N3O/c1-9-11(7-14-15(9)2)6-13-12-5-3-4-10(12)8-16/h7,10,12-13,16H,3-6,8H2,1-2H3. The number of hydrogen-bond acceptors (Lipinski definition) is 3. The van der Waals surface area contributed by atoms with E-state index < -0.39 is 0 Å². The fourth-order valence-corrected chi connectivity index (χ4v) is 2.48. The van der Waals surface area contributed by atoms with Gasteiger partial charge in [-0.05, 0) is 25.7 Å². The average Bonchev–Trinajstić information content (AvgIpc) is 2.86. The van der Waals surface area contributed by atoms with E-state index in [-0.39, 0.29) is 0 Å². The molecule has 1 aliphatic rings. The molecule has 1 aromatic rings. The van der Waals surface area contributed by atoms with Gasteiger partial charge in [0.1, 0.15) is 0 Å². The molecule has 2 atom stereocenters. The van der Waals surface area contributed by atoms with Crippen LogP contribution in [-0.2, 0) is 13.6 Å². The van der Waals surface area contributed by atoms with Crippen LogP contribution in [0.25, 0.3) is 0 Å². The van der Waals surface area contributed by atoms with Crippen LogP contribution in [0.5, 0.6) is 0 Å². The Morgan fingerprint density at radius 3 is 3.00 bits per heavy atom. The molecule has 2 rings (SSSR count). The number of aryl methyl sites for hydroxylation is 1. The van der Waals surface area contributed by atoms with Gasteiger partial charge in [-0.2, -0.15) is 5.10 Å². The highest BCUT2D eigenvalue weighted by Gasteiger charge is 2.26. The molecule has 2 unspecified atom stereocenters. The lowest BCUT2D eigenvalue weighted by molar-refractivity contribution is 0.205. The molecular weight excluding hydrogens is 202 g/mol. The van der Waals surface area contributed by atoms with Crippen molar-refractivity contribution >= 4 is 0 Å². The normalized spacial score (nSPS) is 25.2. The summed E-state index contributed by atoms with van der Waals surface area (Å²) < 4.78 is 1.90. The van der Waals surface area contributed by atoms with E-state index in [2.05, 4.69) is 17.3 Å². The van der Waals surface area contributed by atoms with Crippen molar-refractivity contribution in [1.82, 2.24) is 15.1 Å². The topological polar surface area (TPSA) is 50.1 Å². The van der Waals surface area contributed by atoms with Crippen LogP contribution in [-0.4, -0.2) is 27.5 Å². The first-order chi connectivity index (χ1) is 7.72. The van der Waals surface area contributed by atoms with Gasteiger partial charge in [-0.25, -0.2) is 0 Å². The highest BCUT2D eigenvalue weighted by atomic mass is 16.3. The molecule has 90 valence electrons. The lowest BCUT2D eigenvalue weighted by Gasteiger charge is -2.18. The average molecular weight is 223 g/mol. The van der Waals surface area contributed by atoms with E-state index in [1.165, 1.54) is 24.1 Å². The van der Waals surface area contributed by atoms with Gasteiger partial charge in [0, 0.05) is 37.5 Å². The minimum atomic E-state index is 0.309. The summed E-state index contributed by atoms with van der Waals surface area (Å²) in [6.07, 6.45) is 5.49. The van der Waals surface area contributed by atoms with E-state index in [0.29, 0.717) is 18.6 Å². The highest BCUT2D eigenvalue weighted by molar-refractivity contribution is 5.15. The third-order valence-electron chi connectivity index (χ3n) is 3.79. The van der Waals surface area contributed by atoms with Gasteiger partial charge in [0.05, 0.1) is 6.20 Å². The van der Waals surface area contributed by atoms with Gasteiger partial charge in [-0.1, -0.05) is 6.42 Å². The molecule has 2 N–H and O–H groups in total. The number of nitrogens with one attached hydrogen (secondary N) is 1. The van der Waals surface area contributed by atoms with Crippen LogP contribution in [0.2, 0.25) is 0 Å². The predicted octanol–water partition coefficient (Wildman–Crippen LogP) is 0.979. The van der Waals surface area contributed by atoms with Crippen molar-refractivity contribution in [2.75, 3.05) is 6.61 Å². The summed E-state index contributed by atoms with van der Waals surface area (Å²) in [4.78, 5) is 0. The molecule has 1 aliphatic carbocycles. The van der Waals surface area contributed by atoms with Gasteiger partial charge in [0.2, 0.25) is 0 Å². The number of nitrogens with zero attached hydrogens (tertiary/aromatic N) is 2. The first-order valence-electron chi connectivity index (χ1n) is 6.04. The summed E-state index contributed by atoms with van der Waals surface area (Å²) in [5.41, 5.74) is 2.47. The summed E-state index contributed by atoms with van der Waals surface area (Å²) in [7, 11) is 1.96. The van der Waals surface area contributed by atoms with E-state index in [4.69, 9.17) is 0 Å². The molecule has 0 saturated heterocycles. The second-order valence-corrected chi connectivity index (χ2v) is 4.74. The van der Waals surface area contributed by atoms with Gasteiger partial charge < -0.3 is 10.4 Å². The molecule has 0 amide bonds. The van der Waals surface area contributed by atoms with Crippen molar-refractivity contribution < 1.29 is 5.11 Å². The van der Waals surface area contributed by atoms with Crippen molar-refractivity contribution in [3.8, 4) is 0 Å². The Kier molecular flexibility index (Phi) is 3.61. The molecule has 1 heterocycles. The van der Waals surface area contributed by atoms with Crippen molar-refractivity contribution in [3.05, 3.63) is 17.5 Å². The summed E-state index contributed by atoms with van der Waals surface area (Å²) in [5.74, 6) is 0.442. The van der Waals surface area contributed by atoms with Crippen molar-refractivity contribution in [3.63, 3.8) is 0 Å². The predicted molar refractivity (Wildman–Crippen MR) is 63.0 cm³/mol. The molecule has 0 spiro atoms. The van der Waals surface area contributed by atoms with Crippen molar-refractivity contribution in [2.45, 2.75) is 38.8 Å². The summed E-state index contributed by atoms with van der Waals surface area (Å²) in [6.45, 7) is 3.26. The smallest absolute Gasteiger partial charge is 0.0537 e. The van der Waals surface area contributed by atoms with E-state index >= 15 is 0 Å². The highest BCUT2D eigenvalue weighted by Crippen LogP contribution is 2.25. The SMILES string of the molecule is Cc1c(CNC2CCCC2CO)cnn1C. The second kappa shape index (κ2) is 4.97. The summed E-state index contributed by atoms with van der Waals surface area (Å²) in [6, 6.07) is 0.476. The van der Waals surface area contributed by atoms with Crippen LogP contribution >= 0.6 is 0 Å². The van der Waals surface area contributed by atoms with E-state index in [0.717, 1.165) is 13.0 Å². The van der Waals surface area contributed by atoms with Gasteiger partial charge in [-0.15, -0.1) is 0 Å². The lowest BCUT2D eigenvalue weighted by Crippen LogP contribution is -2.33. The lowest BCUT2D eigenvalue weighted by atomic mass is 10.0. The zero-order valence-corrected chi connectivity index (χ0v) is 10.1. The van der Waals surface area contributed by atoms with Gasteiger partial charge in [-0.3, -0.25) is 4.68 Å². The Morgan fingerprint density at radius 2 is 2.38 bits per heavy atom. The van der Waals surface area contributed by atoms with Crippen molar-refractivity contribution in [2.24, 2.45) is 13.0 Å². The first kappa shape index (κ1) is 11.6. The Balaban J connectivity index is 1.89. The molecule has 0 radical (unpaired) electrons. The zero-order chi connectivity index (χ0) is 11.5. The minimum Gasteiger partial charge on any atom is -0.396 e. The second-order valence-electron chi connectivity index (χ2n) is 4.74. The largest absolute Gasteiger partial charge is 0.396 e. The molecule has 1 fully saturated rings. The molecule has 0 aromatic carbocycles. The molecule has 4 nitrogen and oxygen atoms in total. The third kappa shape index (κ3) is 2.28. The quantitative estimate of drug-likeness (QED) is 0.800. The summed E-state index contributed by atoms with van der Waals surface area (Å²) in [5, 5.41) is 17.0. The van der Waals surface area contributed by atoms with Gasteiger partial charge >= 0.3 is 0 Å². The third-order valence-corrected chi connectivity index (χ3v) is 3.79. The molecule has 1 saturated carbocycles. The Bertz CT molecular complexity index is 348. The van der Waals surface area contributed by atoms with E-state index in [1.807, 2.05) is 17.9 Å². The fourth-order valence-electron chi connectivity index (χ4n) is 2.48. The molecular formula is C12H21N3O. The first-order valence-corrected chi connectivity index (χ1v) is 6.04. The Morgan fingerprint density at radius 1 is 1.56 bits per heavy atom. The number of aliphatic hydroxyl groups excluding tert-OH is 1. The maximum atomic E-state index is 9.24. The van der Waals surface area contributed by atoms with E-state index in [1.54, 1.807) is 0 Å². The summed E-state index contributed by atoms with van der Waals surface area (Å²) >= 11 is 0. The number of aromatic nitrogens is 2. The molecule has 0 bridgehead atoms. The maximum Gasteiger partial charge on any atom is 0.0537 e. The van der Waals surface area contributed by atoms with Crippen LogP contribution in [0.4, 0.5) is 0 Å². The molecule has 1 aromatic heterocycles. The fraction of sp³-hybridized carbons (Fsp3) is 0.750. The molecule has 16 heavy (non-hydrogen) atoms. The Hall–Kier alpha value is -0.870. The van der Waals surface area contributed by atoms with Crippen molar-refractivity contribution in [1.29, 1.82) is 0 Å². The molecule has 0 aliphatic heterocycles. The van der Waals surface area contributed by atoms with Crippen LogP contribution < -0.4 is 5.32 Å².